The Morgan fingerprint density at radius 2 is 1.74 bits per heavy atom. The molecule has 1 aromatic carbocycles. The first-order valence-electron chi connectivity index (χ1n) is 7.49. The Bertz CT molecular complexity index is 401. The maximum atomic E-state index is 6.31. The number of aryl methyl sites for hydroxylation is 2. The number of hydrogen-bond donors (Lipinski definition) is 1. The van der Waals surface area contributed by atoms with Gasteiger partial charge in [-0.15, -0.1) is 0 Å². The molecule has 2 atom stereocenters. The normalized spacial score (nSPS) is 15.3. The summed E-state index contributed by atoms with van der Waals surface area (Å²) >= 11 is 0. The topological polar surface area (TPSA) is 26.0 Å². The van der Waals surface area contributed by atoms with Crippen LogP contribution in [0, 0.1) is 25.2 Å². The predicted molar refractivity (Wildman–Crippen MR) is 85.4 cm³/mol. The van der Waals surface area contributed by atoms with Crippen molar-refractivity contribution in [1.82, 2.24) is 0 Å². The molecule has 2 unspecified atom stereocenters. The number of benzene rings is 1. The highest BCUT2D eigenvalue weighted by Crippen LogP contribution is 2.27. The van der Waals surface area contributed by atoms with E-state index in [0.717, 1.165) is 12.8 Å². The molecular formula is C18H31N. The summed E-state index contributed by atoms with van der Waals surface area (Å²) in [5.41, 5.74) is 10.8. The Balaban J connectivity index is 2.50. The van der Waals surface area contributed by atoms with Crippen molar-refractivity contribution in [3.8, 4) is 0 Å². The SMILES string of the molecule is Cc1ccc(CC(N)CC(C)CC(C)(C)C)cc1C. The summed E-state index contributed by atoms with van der Waals surface area (Å²) in [5, 5.41) is 0. The highest BCUT2D eigenvalue weighted by Gasteiger charge is 2.17. The fourth-order valence-electron chi connectivity index (χ4n) is 2.96. The Kier molecular flexibility index (Phi) is 5.61. The zero-order chi connectivity index (χ0) is 14.6. The van der Waals surface area contributed by atoms with Crippen molar-refractivity contribution >= 4 is 0 Å². The lowest BCUT2D eigenvalue weighted by molar-refractivity contribution is 0.285. The van der Waals surface area contributed by atoms with Crippen molar-refractivity contribution in [2.24, 2.45) is 17.1 Å². The van der Waals surface area contributed by atoms with E-state index in [1.54, 1.807) is 0 Å². The molecule has 2 N–H and O–H groups in total. The lowest BCUT2D eigenvalue weighted by Crippen LogP contribution is -2.26. The van der Waals surface area contributed by atoms with Crippen LogP contribution in [0.2, 0.25) is 0 Å². The lowest BCUT2D eigenvalue weighted by Gasteiger charge is -2.25. The van der Waals surface area contributed by atoms with Crippen LogP contribution < -0.4 is 5.73 Å². The second-order valence-electron chi connectivity index (χ2n) is 7.49. The van der Waals surface area contributed by atoms with Gasteiger partial charge in [0.05, 0.1) is 0 Å². The Morgan fingerprint density at radius 1 is 1.11 bits per heavy atom. The van der Waals surface area contributed by atoms with E-state index in [2.05, 4.69) is 59.7 Å². The maximum Gasteiger partial charge on any atom is 0.00818 e. The molecule has 1 heteroatoms. The van der Waals surface area contributed by atoms with Gasteiger partial charge in [-0.2, -0.15) is 0 Å². The van der Waals surface area contributed by atoms with Gasteiger partial charge in [0.15, 0.2) is 0 Å². The summed E-state index contributed by atoms with van der Waals surface area (Å²) in [6.45, 7) is 13.6. The fraction of sp³-hybridized carbons (Fsp3) is 0.667. The minimum Gasteiger partial charge on any atom is -0.327 e. The second kappa shape index (κ2) is 6.56. The van der Waals surface area contributed by atoms with Crippen LogP contribution in [-0.4, -0.2) is 6.04 Å². The monoisotopic (exact) mass is 261 g/mol. The molecule has 1 nitrogen and oxygen atoms in total. The van der Waals surface area contributed by atoms with Crippen LogP contribution in [0.15, 0.2) is 18.2 Å². The van der Waals surface area contributed by atoms with Crippen LogP contribution in [0.3, 0.4) is 0 Å². The van der Waals surface area contributed by atoms with Crippen LogP contribution in [-0.2, 0) is 6.42 Å². The van der Waals surface area contributed by atoms with E-state index < -0.39 is 0 Å². The fourth-order valence-corrected chi connectivity index (χ4v) is 2.96. The van der Waals surface area contributed by atoms with Crippen molar-refractivity contribution in [3.05, 3.63) is 34.9 Å². The van der Waals surface area contributed by atoms with Gasteiger partial charge in [0.1, 0.15) is 0 Å². The number of nitrogens with two attached hydrogens (primary N) is 1. The smallest absolute Gasteiger partial charge is 0.00818 e. The largest absolute Gasteiger partial charge is 0.327 e. The molecule has 0 amide bonds. The summed E-state index contributed by atoms with van der Waals surface area (Å²) in [4.78, 5) is 0. The average Bonchev–Trinajstić information content (AvgIpc) is 2.20. The molecule has 0 aliphatic heterocycles. The van der Waals surface area contributed by atoms with Gasteiger partial charge in [0.2, 0.25) is 0 Å². The van der Waals surface area contributed by atoms with Crippen LogP contribution in [0.4, 0.5) is 0 Å². The summed E-state index contributed by atoms with van der Waals surface area (Å²) in [7, 11) is 0. The van der Waals surface area contributed by atoms with Crippen molar-refractivity contribution in [2.45, 2.75) is 66.8 Å². The molecule has 1 rings (SSSR count). The van der Waals surface area contributed by atoms with Crippen molar-refractivity contribution in [3.63, 3.8) is 0 Å². The molecule has 19 heavy (non-hydrogen) atoms. The van der Waals surface area contributed by atoms with Gasteiger partial charge in [0.25, 0.3) is 0 Å². The first-order valence-corrected chi connectivity index (χ1v) is 7.49. The van der Waals surface area contributed by atoms with Crippen LogP contribution >= 0.6 is 0 Å². The van der Waals surface area contributed by atoms with E-state index in [1.807, 2.05) is 0 Å². The third-order valence-electron chi connectivity index (χ3n) is 3.74. The van der Waals surface area contributed by atoms with Gasteiger partial charge in [-0.05, 0) is 61.1 Å². The zero-order valence-corrected chi connectivity index (χ0v) is 13.6. The van der Waals surface area contributed by atoms with Crippen LogP contribution in [0.1, 0.15) is 57.2 Å². The summed E-state index contributed by atoms with van der Waals surface area (Å²) in [6, 6.07) is 6.98. The Labute approximate surface area is 119 Å². The van der Waals surface area contributed by atoms with Crippen molar-refractivity contribution in [1.29, 1.82) is 0 Å². The minimum atomic E-state index is 0.277. The van der Waals surface area contributed by atoms with Gasteiger partial charge < -0.3 is 5.73 Å². The van der Waals surface area contributed by atoms with Crippen LogP contribution in [0.25, 0.3) is 0 Å². The van der Waals surface area contributed by atoms with Crippen molar-refractivity contribution in [2.75, 3.05) is 0 Å². The molecule has 0 heterocycles. The summed E-state index contributed by atoms with van der Waals surface area (Å²) < 4.78 is 0. The molecule has 0 fully saturated rings. The maximum absolute atomic E-state index is 6.31. The number of hydrogen-bond acceptors (Lipinski definition) is 1. The molecule has 0 aliphatic carbocycles. The molecule has 0 radical (unpaired) electrons. The van der Waals surface area contributed by atoms with E-state index >= 15 is 0 Å². The van der Waals surface area contributed by atoms with E-state index in [4.69, 9.17) is 5.73 Å². The Morgan fingerprint density at radius 3 is 2.26 bits per heavy atom. The van der Waals surface area contributed by atoms with Gasteiger partial charge in [-0.25, -0.2) is 0 Å². The van der Waals surface area contributed by atoms with Gasteiger partial charge in [-0.1, -0.05) is 45.9 Å². The molecule has 0 aliphatic rings. The molecule has 0 aromatic heterocycles. The first-order chi connectivity index (χ1) is 8.67. The lowest BCUT2D eigenvalue weighted by atomic mass is 9.82. The Hall–Kier alpha value is -0.820. The van der Waals surface area contributed by atoms with Crippen molar-refractivity contribution < 1.29 is 0 Å². The molecule has 0 bridgehead atoms. The zero-order valence-electron chi connectivity index (χ0n) is 13.6. The predicted octanol–water partition coefficient (Wildman–Crippen LogP) is 4.64. The third kappa shape index (κ3) is 6.24. The standard InChI is InChI=1S/C18H31N/c1-13(12-18(4,5)6)9-17(19)11-16-8-7-14(2)15(3)10-16/h7-8,10,13,17H,9,11-12,19H2,1-6H3. The van der Waals surface area contributed by atoms with Gasteiger partial charge >= 0.3 is 0 Å². The molecule has 108 valence electrons. The molecule has 1 aromatic rings. The number of rotatable bonds is 5. The quantitative estimate of drug-likeness (QED) is 0.821. The van der Waals surface area contributed by atoms with E-state index in [0.29, 0.717) is 11.3 Å². The first kappa shape index (κ1) is 16.2. The third-order valence-corrected chi connectivity index (χ3v) is 3.74. The second-order valence-corrected chi connectivity index (χ2v) is 7.49. The highest BCUT2D eigenvalue weighted by molar-refractivity contribution is 5.30. The summed E-state index contributed by atoms with van der Waals surface area (Å²) in [6.07, 6.45) is 3.35. The molecule has 0 saturated carbocycles. The highest BCUT2D eigenvalue weighted by atomic mass is 14.6. The summed E-state index contributed by atoms with van der Waals surface area (Å²) in [5.74, 6) is 0.696. The van der Waals surface area contributed by atoms with E-state index in [-0.39, 0.29) is 6.04 Å². The van der Waals surface area contributed by atoms with E-state index in [1.165, 1.54) is 23.1 Å². The van der Waals surface area contributed by atoms with Gasteiger partial charge in [-0.3, -0.25) is 0 Å². The van der Waals surface area contributed by atoms with E-state index in [9.17, 15) is 0 Å². The average molecular weight is 261 g/mol. The van der Waals surface area contributed by atoms with Gasteiger partial charge in [0, 0.05) is 6.04 Å². The van der Waals surface area contributed by atoms with Crippen LogP contribution in [0.5, 0.6) is 0 Å². The molecule has 0 saturated heterocycles. The molecule has 0 spiro atoms. The molecular weight excluding hydrogens is 230 g/mol. The minimum absolute atomic E-state index is 0.277.